The van der Waals surface area contributed by atoms with Crippen LogP contribution in [0.4, 0.5) is 5.69 Å². The molecule has 5 aromatic rings. The van der Waals surface area contributed by atoms with Crippen molar-refractivity contribution in [2.45, 2.75) is 26.5 Å². The zero-order chi connectivity index (χ0) is 27.5. The molecule has 0 saturated heterocycles. The van der Waals surface area contributed by atoms with E-state index in [2.05, 4.69) is 15.3 Å². The van der Waals surface area contributed by atoms with Crippen molar-refractivity contribution in [2.75, 3.05) is 12.4 Å². The van der Waals surface area contributed by atoms with E-state index in [0.717, 1.165) is 10.9 Å². The number of pyridine rings is 2. The lowest BCUT2D eigenvalue weighted by molar-refractivity contribution is 0.102. The molecule has 1 amide bonds. The van der Waals surface area contributed by atoms with Crippen molar-refractivity contribution in [1.29, 1.82) is 0 Å². The largest absolute Gasteiger partial charge is 0.497 e. The van der Waals surface area contributed by atoms with Gasteiger partial charge in [-0.15, -0.1) is 0 Å². The van der Waals surface area contributed by atoms with E-state index < -0.39 is 17.6 Å². The molecule has 0 spiro atoms. The van der Waals surface area contributed by atoms with Crippen LogP contribution in [0.1, 0.15) is 23.0 Å². The van der Waals surface area contributed by atoms with Gasteiger partial charge in [0.1, 0.15) is 17.1 Å². The summed E-state index contributed by atoms with van der Waals surface area (Å²) in [5, 5.41) is 13.6. The number of aromatic nitrogens is 4. The summed E-state index contributed by atoms with van der Waals surface area (Å²) in [5.41, 5.74) is 1.65. The molecule has 0 aliphatic rings. The first kappa shape index (κ1) is 25.7. The van der Waals surface area contributed by atoms with Crippen LogP contribution in [0.3, 0.4) is 0 Å². The van der Waals surface area contributed by atoms with E-state index in [1.807, 2.05) is 24.3 Å². The number of nitrogens with one attached hydrogen (secondary N) is 1. The number of ether oxygens (including phenoxy) is 2. The van der Waals surface area contributed by atoms with E-state index in [0.29, 0.717) is 34.4 Å². The third-order valence-electron chi connectivity index (χ3n) is 6.18. The molecule has 3 aromatic heterocycles. The molecule has 0 aliphatic carbocycles. The standard InChI is InChI=1S/C29H27N5O5/c1-18(35)17-33-19(2)27(29(37)34(33)21-7-5-4-6-8-21)28(36)32-20-9-12-26(31-16-20)39-25-13-14-30-24-15-22(38-3)10-11-23(24)25/h4-16,18,35H,17H2,1-3H3,(H,32,36). The van der Waals surface area contributed by atoms with Gasteiger partial charge in [0.2, 0.25) is 5.88 Å². The van der Waals surface area contributed by atoms with E-state index in [-0.39, 0.29) is 12.1 Å². The molecule has 0 radical (unpaired) electrons. The second kappa shape index (κ2) is 10.8. The number of carbonyl (C=O) groups excluding carboxylic acids is 1. The number of carbonyl (C=O) groups is 1. The molecule has 0 fully saturated rings. The highest BCUT2D eigenvalue weighted by Gasteiger charge is 2.24. The molecule has 1 atom stereocenters. The van der Waals surface area contributed by atoms with Crippen LogP contribution in [0.25, 0.3) is 16.6 Å². The quantitative estimate of drug-likeness (QED) is 0.309. The van der Waals surface area contributed by atoms with E-state index in [1.165, 1.54) is 10.9 Å². The number of fused-ring (bicyclic) bond motifs is 1. The average Bonchev–Trinajstić information content (AvgIpc) is 3.18. The molecule has 198 valence electrons. The summed E-state index contributed by atoms with van der Waals surface area (Å²) in [4.78, 5) is 35.3. The van der Waals surface area contributed by atoms with Gasteiger partial charge in [-0.2, -0.15) is 0 Å². The Morgan fingerprint density at radius 3 is 2.56 bits per heavy atom. The molecule has 0 saturated carbocycles. The van der Waals surface area contributed by atoms with Crippen molar-refractivity contribution in [1.82, 2.24) is 19.3 Å². The maximum Gasteiger partial charge on any atom is 0.284 e. The Kier molecular flexibility index (Phi) is 7.11. The first-order chi connectivity index (χ1) is 18.9. The lowest BCUT2D eigenvalue weighted by Gasteiger charge is -2.15. The number of anilines is 1. The number of amides is 1. The van der Waals surface area contributed by atoms with Crippen LogP contribution in [0.5, 0.6) is 17.4 Å². The van der Waals surface area contributed by atoms with E-state index >= 15 is 0 Å². The predicted octanol–water partition coefficient (Wildman–Crippen LogP) is 4.32. The normalized spacial score (nSPS) is 11.8. The second-order valence-corrected chi connectivity index (χ2v) is 8.98. The highest BCUT2D eigenvalue weighted by molar-refractivity contribution is 6.04. The Balaban J connectivity index is 1.38. The first-order valence-corrected chi connectivity index (χ1v) is 12.3. The van der Waals surface area contributed by atoms with Crippen LogP contribution < -0.4 is 20.3 Å². The van der Waals surface area contributed by atoms with Gasteiger partial charge in [0.25, 0.3) is 11.5 Å². The molecule has 10 nitrogen and oxygen atoms in total. The summed E-state index contributed by atoms with van der Waals surface area (Å²) in [6.45, 7) is 3.45. The number of benzene rings is 2. The zero-order valence-corrected chi connectivity index (χ0v) is 21.7. The number of rotatable bonds is 8. The van der Waals surface area contributed by atoms with Crippen molar-refractivity contribution in [3.05, 3.63) is 101 Å². The monoisotopic (exact) mass is 525 g/mol. The van der Waals surface area contributed by atoms with E-state index in [1.54, 1.807) is 74.3 Å². The molecule has 1 unspecified atom stereocenters. The Morgan fingerprint density at radius 1 is 1.08 bits per heavy atom. The van der Waals surface area contributed by atoms with Crippen molar-refractivity contribution >= 4 is 22.5 Å². The Morgan fingerprint density at radius 2 is 1.87 bits per heavy atom. The molecule has 2 N–H and O–H groups in total. The van der Waals surface area contributed by atoms with Gasteiger partial charge in [-0.1, -0.05) is 18.2 Å². The lowest BCUT2D eigenvalue weighted by Crippen LogP contribution is -2.27. The van der Waals surface area contributed by atoms with Gasteiger partial charge in [0, 0.05) is 23.7 Å². The predicted molar refractivity (Wildman–Crippen MR) is 147 cm³/mol. The van der Waals surface area contributed by atoms with Crippen LogP contribution in [0.15, 0.2) is 83.9 Å². The first-order valence-electron chi connectivity index (χ1n) is 12.3. The van der Waals surface area contributed by atoms with Gasteiger partial charge in [-0.3, -0.25) is 19.3 Å². The fraction of sp³-hybridized carbons (Fsp3) is 0.172. The number of hydrogen-bond donors (Lipinski definition) is 2. The van der Waals surface area contributed by atoms with Crippen molar-refractivity contribution in [2.24, 2.45) is 0 Å². The lowest BCUT2D eigenvalue weighted by atomic mass is 10.2. The van der Waals surface area contributed by atoms with Crippen molar-refractivity contribution < 1.29 is 19.4 Å². The number of methoxy groups -OCH3 is 1. The van der Waals surface area contributed by atoms with Gasteiger partial charge in [0.05, 0.1) is 48.5 Å². The van der Waals surface area contributed by atoms with Gasteiger partial charge in [-0.25, -0.2) is 9.67 Å². The number of para-hydroxylation sites is 1. The number of hydrogen-bond acceptors (Lipinski definition) is 7. The van der Waals surface area contributed by atoms with Crippen LogP contribution in [-0.4, -0.2) is 43.6 Å². The molecule has 5 rings (SSSR count). The smallest absolute Gasteiger partial charge is 0.284 e. The topological polar surface area (TPSA) is 120 Å². The Bertz CT molecular complexity index is 1690. The van der Waals surface area contributed by atoms with E-state index in [9.17, 15) is 14.7 Å². The van der Waals surface area contributed by atoms with Gasteiger partial charge in [0.15, 0.2) is 0 Å². The van der Waals surface area contributed by atoms with Crippen molar-refractivity contribution in [3.63, 3.8) is 0 Å². The third kappa shape index (κ3) is 5.23. The molecule has 2 aromatic carbocycles. The van der Waals surface area contributed by atoms with Crippen molar-refractivity contribution in [3.8, 4) is 23.1 Å². The number of aliphatic hydroxyl groups is 1. The molecular formula is C29H27N5O5. The van der Waals surface area contributed by atoms with Crippen LogP contribution >= 0.6 is 0 Å². The van der Waals surface area contributed by atoms with Gasteiger partial charge < -0.3 is 19.9 Å². The zero-order valence-electron chi connectivity index (χ0n) is 21.7. The highest BCUT2D eigenvalue weighted by atomic mass is 16.5. The molecule has 10 heteroatoms. The molecule has 0 bridgehead atoms. The van der Waals surface area contributed by atoms with Crippen LogP contribution in [-0.2, 0) is 6.54 Å². The summed E-state index contributed by atoms with van der Waals surface area (Å²) in [7, 11) is 1.59. The van der Waals surface area contributed by atoms with Gasteiger partial charge in [-0.05, 0) is 50.2 Å². The maximum absolute atomic E-state index is 13.4. The molecule has 3 heterocycles. The molecule has 0 aliphatic heterocycles. The SMILES string of the molecule is COc1ccc2c(Oc3ccc(NC(=O)c4c(C)n(CC(C)O)n(-c5ccccc5)c4=O)cn3)ccnc2c1. The number of nitrogens with zero attached hydrogens (tertiary/aromatic N) is 4. The maximum atomic E-state index is 13.4. The molecule has 39 heavy (non-hydrogen) atoms. The van der Waals surface area contributed by atoms with Crippen LogP contribution in [0.2, 0.25) is 0 Å². The van der Waals surface area contributed by atoms with Gasteiger partial charge >= 0.3 is 0 Å². The minimum atomic E-state index is -0.724. The average molecular weight is 526 g/mol. The minimum Gasteiger partial charge on any atom is -0.497 e. The van der Waals surface area contributed by atoms with Crippen LogP contribution in [0, 0.1) is 6.92 Å². The number of aliphatic hydroxyl groups excluding tert-OH is 1. The minimum absolute atomic E-state index is 0.0153. The fourth-order valence-corrected chi connectivity index (χ4v) is 4.34. The third-order valence-corrected chi connectivity index (χ3v) is 6.18. The highest BCUT2D eigenvalue weighted by Crippen LogP contribution is 2.30. The van der Waals surface area contributed by atoms with E-state index in [4.69, 9.17) is 9.47 Å². The fourth-order valence-electron chi connectivity index (χ4n) is 4.34. The summed E-state index contributed by atoms with van der Waals surface area (Å²) >= 11 is 0. The summed E-state index contributed by atoms with van der Waals surface area (Å²) in [6, 6.07) is 19.5. The Labute approximate surface area is 224 Å². The second-order valence-electron chi connectivity index (χ2n) is 8.98. The Hall–Kier alpha value is -4.96. The summed E-state index contributed by atoms with van der Waals surface area (Å²) < 4.78 is 14.2. The summed E-state index contributed by atoms with van der Waals surface area (Å²) in [6.07, 6.45) is 2.37. The summed E-state index contributed by atoms with van der Waals surface area (Å²) in [5.74, 6) is 1.01. The molecular weight excluding hydrogens is 498 g/mol.